The zero-order valence-electron chi connectivity index (χ0n) is 13.4. The van der Waals surface area contributed by atoms with Crippen LogP contribution in [0.2, 0.25) is 0 Å². The van der Waals surface area contributed by atoms with Crippen LogP contribution in [0.4, 0.5) is 18.0 Å². The molecule has 0 bridgehead atoms. The Morgan fingerprint density at radius 3 is 2.43 bits per heavy atom. The smallest absolute Gasteiger partial charge is 0.410 e. The summed E-state index contributed by atoms with van der Waals surface area (Å²) in [5.41, 5.74) is -0.577. The summed E-state index contributed by atoms with van der Waals surface area (Å²) < 4.78 is 50.2. The second-order valence-corrected chi connectivity index (χ2v) is 6.59. The maximum atomic E-state index is 13.5. The summed E-state index contributed by atoms with van der Waals surface area (Å²) in [4.78, 5) is 13.5. The minimum Gasteiger partial charge on any atom is -0.487 e. The third kappa shape index (κ3) is 4.77. The van der Waals surface area contributed by atoms with Crippen LogP contribution in [0.3, 0.4) is 0 Å². The average molecular weight is 331 g/mol. The van der Waals surface area contributed by atoms with Gasteiger partial charge in [-0.25, -0.2) is 18.0 Å². The van der Waals surface area contributed by atoms with Gasteiger partial charge in [0, 0.05) is 31.1 Å². The van der Waals surface area contributed by atoms with Gasteiger partial charge in [-0.05, 0) is 27.2 Å². The Bertz CT molecular complexity index is 563. The molecule has 1 saturated heterocycles. The molecule has 0 aliphatic carbocycles. The molecule has 0 spiro atoms. The van der Waals surface area contributed by atoms with E-state index < -0.39 is 34.9 Å². The second kappa shape index (κ2) is 6.68. The van der Waals surface area contributed by atoms with E-state index in [0.717, 1.165) is 0 Å². The van der Waals surface area contributed by atoms with E-state index in [1.54, 1.807) is 20.8 Å². The van der Waals surface area contributed by atoms with E-state index in [-0.39, 0.29) is 12.5 Å². The van der Waals surface area contributed by atoms with Crippen molar-refractivity contribution in [1.29, 1.82) is 0 Å². The van der Waals surface area contributed by atoms with Crippen LogP contribution >= 0.6 is 0 Å². The monoisotopic (exact) mass is 331 g/mol. The first-order chi connectivity index (χ1) is 10.7. The van der Waals surface area contributed by atoms with Crippen LogP contribution < -0.4 is 4.74 Å². The fraction of sp³-hybridized carbons (Fsp3) is 0.562. The molecule has 1 heterocycles. The van der Waals surface area contributed by atoms with Gasteiger partial charge in [0.1, 0.15) is 11.4 Å². The molecule has 7 heteroatoms. The number of halogens is 3. The van der Waals surface area contributed by atoms with Gasteiger partial charge in [0.15, 0.2) is 17.4 Å². The van der Waals surface area contributed by atoms with Crippen molar-refractivity contribution < 1.29 is 27.4 Å². The first-order valence-electron chi connectivity index (χ1n) is 7.41. The molecule has 1 fully saturated rings. The van der Waals surface area contributed by atoms with E-state index in [9.17, 15) is 18.0 Å². The Hall–Kier alpha value is -1.92. The lowest BCUT2D eigenvalue weighted by Gasteiger charge is -2.24. The number of hydrogen-bond acceptors (Lipinski definition) is 3. The van der Waals surface area contributed by atoms with Crippen molar-refractivity contribution in [2.24, 2.45) is 5.92 Å². The van der Waals surface area contributed by atoms with Crippen LogP contribution in [0.25, 0.3) is 0 Å². The zero-order chi connectivity index (χ0) is 17.2. The summed E-state index contributed by atoms with van der Waals surface area (Å²) in [7, 11) is 0. The van der Waals surface area contributed by atoms with Gasteiger partial charge in [0.05, 0.1) is 6.61 Å². The number of ether oxygens (including phenoxy) is 2. The molecule has 1 unspecified atom stereocenters. The molecule has 0 radical (unpaired) electrons. The van der Waals surface area contributed by atoms with Crippen molar-refractivity contribution in [2.45, 2.75) is 32.8 Å². The highest BCUT2D eigenvalue weighted by atomic mass is 19.1. The summed E-state index contributed by atoms with van der Waals surface area (Å²) in [5, 5.41) is 0. The predicted octanol–water partition coefficient (Wildman–Crippen LogP) is 3.74. The molecule has 1 amide bonds. The molecular weight excluding hydrogens is 311 g/mol. The van der Waals surface area contributed by atoms with E-state index in [0.29, 0.717) is 31.6 Å². The largest absolute Gasteiger partial charge is 0.487 e. The Labute approximate surface area is 133 Å². The first kappa shape index (κ1) is 17.4. The number of nitrogens with zero attached hydrogens (tertiary/aromatic N) is 1. The Morgan fingerprint density at radius 1 is 1.26 bits per heavy atom. The van der Waals surface area contributed by atoms with Gasteiger partial charge in [-0.15, -0.1) is 0 Å². The highest BCUT2D eigenvalue weighted by Gasteiger charge is 2.30. The van der Waals surface area contributed by atoms with Crippen LogP contribution in [0.1, 0.15) is 27.2 Å². The predicted molar refractivity (Wildman–Crippen MR) is 77.7 cm³/mol. The number of hydrogen-bond donors (Lipinski definition) is 0. The highest BCUT2D eigenvalue weighted by molar-refractivity contribution is 5.68. The van der Waals surface area contributed by atoms with Crippen LogP contribution in [0, 0.1) is 23.4 Å². The average Bonchev–Trinajstić information content (AvgIpc) is 2.84. The molecule has 1 aliphatic heterocycles. The van der Waals surface area contributed by atoms with Gasteiger partial charge in [-0.2, -0.15) is 0 Å². The van der Waals surface area contributed by atoms with Gasteiger partial charge < -0.3 is 14.4 Å². The van der Waals surface area contributed by atoms with Crippen molar-refractivity contribution in [2.75, 3.05) is 19.7 Å². The van der Waals surface area contributed by atoms with Crippen molar-refractivity contribution in [3.05, 3.63) is 29.6 Å². The summed E-state index contributed by atoms with van der Waals surface area (Å²) >= 11 is 0. The van der Waals surface area contributed by atoms with E-state index >= 15 is 0 Å². The lowest BCUT2D eigenvalue weighted by atomic mass is 10.1. The third-order valence-electron chi connectivity index (χ3n) is 3.36. The lowest BCUT2D eigenvalue weighted by molar-refractivity contribution is 0.0284. The van der Waals surface area contributed by atoms with Crippen molar-refractivity contribution in [3.8, 4) is 5.75 Å². The maximum absolute atomic E-state index is 13.5. The molecule has 1 atom stereocenters. The van der Waals surface area contributed by atoms with Gasteiger partial charge in [-0.3, -0.25) is 0 Å². The number of rotatable bonds is 3. The second-order valence-electron chi connectivity index (χ2n) is 6.59. The molecule has 1 aromatic rings. The minimum atomic E-state index is -1.08. The molecule has 0 N–H and O–H groups in total. The molecule has 1 aromatic carbocycles. The van der Waals surface area contributed by atoms with Crippen molar-refractivity contribution in [1.82, 2.24) is 4.90 Å². The first-order valence-corrected chi connectivity index (χ1v) is 7.41. The van der Waals surface area contributed by atoms with E-state index in [1.165, 1.54) is 4.90 Å². The molecule has 128 valence electrons. The molecule has 23 heavy (non-hydrogen) atoms. The van der Waals surface area contributed by atoms with Crippen molar-refractivity contribution >= 4 is 6.09 Å². The topological polar surface area (TPSA) is 38.8 Å². The normalized spacial score (nSPS) is 18.2. The summed E-state index contributed by atoms with van der Waals surface area (Å²) in [6.45, 7) is 6.26. The fourth-order valence-corrected chi connectivity index (χ4v) is 2.33. The van der Waals surface area contributed by atoms with Gasteiger partial charge >= 0.3 is 6.09 Å². The summed E-state index contributed by atoms with van der Waals surface area (Å²) in [6.07, 6.45) is 0.225. The van der Waals surface area contributed by atoms with E-state index in [1.807, 2.05) is 0 Å². The SMILES string of the molecule is CC(C)(C)OC(=O)N1CCC(COc2c(F)cc(F)cc2F)C1. The lowest BCUT2D eigenvalue weighted by Crippen LogP contribution is -2.35. The van der Waals surface area contributed by atoms with Crippen LogP contribution in [0.15, 0.2) is 12.1 Å². The van der Waals surface area contributed by atoms with Gasteiger partial charge in [0.25, 0.3) is 0 Å². The van der Waals surface area contributed by atoms with Gasteiger partial charge in [0.2, 0.25) is 0 Å². The number of likely N-dealkylation sites (tertiary alicyclic amines) is 1. The van der Waals surface area contributed by atoms with Crippen LogP contribution in [0.5, 0.6) is 5.75 Å². The Balaban J connectivity index is 1.88. The fourth-order valence-electron chi connectivity index (χ4n) is 2.33. The van der Waals surface area contributed by atoms with E-state index in [4.69, 9.17) is 9.47 Å². The molecule has 0 aromatic heterocycles. The van der Waals surface area contributed by atoms with Crippen molar-refractivity contribution in [3.63, 3.8) is 0 Å². The third-order valence-corrected chi connectivity index (χ3v) is 3.36. The molecule has 1 aliphatic rings. The zero-order valence-corrected chi connectivity index (χ0v) is 13.4. The number of carbonyl (C=O) groups excluding carboxylic acids is 1. The van der Waals surface area contributed by atoms with Crippen LogP contribution in [-0.2, 0) is 4.74 Å². The quantitative estimate of drug-likeness (QED) is 0.847. The molecule has 4 nitrogen and oxygen atoms in total. The minimum absolute atomic E-state index is 0.0404. The summed E-state index contributed by atoms with van der Waals surface area (Å²) in [5.74, 6) is -3.81. The summed E-state index contributed by atoms with van der Waals surface area (Å²) in [6, 6.07) is 1.14. The number of benzene rings is 1. The molecule has 0 saturated carbocycles. The van der Waals surface area contributed by atoms with E-state index in [2.05, 4.69) is 0 Å². The molecular formula is C16H20F3NO3. The molecule has 2 rings (SSSR count). The van der Waals surface area contributed by atoms with Crippen LogP contribution in [-0.4, -0.2) is 36.3 Å². The number of amides is 1. The van der Waals surface area contributed by atoms with Gasteiger partial charge in [-0.1, -0.05) is 0 Å². The Morgan fingerprint density at radius 2 is 1.87 bits per heavy atom. The number of carbonyl (C=O) groups is 1. The Kier molecular flexibility index (Phi) is 5.06. The standard InChI is InChI=1S/C16H20F3NO3/c1-16(2,3)23-15(21)20-5-4-10(8-20)9-22-14-12(18)6-11(17)7-13(14)19/h6-7,10H,4-5,8-9H2,1-3H3. The highest BCUT2D eigenvalue weighted by Crippen LogP contribution is 2.25. The maximum Gasteiger partial charge on any atom is 0.410 e.